The van der Waals surface area contributed by atoms with Gasteiger partial charge in [0.05, 0.1) is 12.3 Å². The lowest BCUT2D eigenvalue weighted by Gasteiger charge is -2.30. The first-order valence-electron chi connectivity index (χ1n) is 8.81. The average Bonchev–Trinajstić information content (AvgIpc) is 3.28. The van der Waals surface area contributed by atoms with Crippen molar-refractivity contribution >= 4 is 18.9 Å². The Bertz CT molecular complexity index is 593. The van der Waals surface area contributed by atoms with Gasteiger partial charge in [-0.25, -0.2) is 4.39 Å². The van der Waals surface area contributed by atoms with Crippen LogP contribution in [0.1, 0.15) is 49.7 Å². The third-order valence-electron chi connectivity index (χ3n) is 5.97. The molecule has 0 unspecified atom stereocenters. The van der Waals surface area contributed by atoms with E-state index in [1.165, 1.54) is 50.1 Å². The molecule has 0 spiro atoms. The number of halogens is 1. The van der Waals surface area contributed by atoms with Crippen molar-refractivity contribution in [1.29, 1.82) is 0 Å². The van der Waals surface area contributed by atoms with E-state index in [4.69, 9.17) is 0 Å². The van der Waals surface area contributed by atoms with Crippen LogP contribution in [-0.2, 0) is 4.79 Å². The molecular weight excluding hydrogens is 308 g/mol. The van der Waals surface area contributed by atoms with E-state index in [2.05, 4.69) is 12.0 Å². The molecule has 1 amide bonds. The van der Waals surface area contributed by atoms with Crippen molar-refractivity contribution in [3.63, 3.8) is 0 Å². The minimum absolute atomic E-state index is 0.0927. The lowest BCUT2D eigenvalue weighted by atomic mass is 10.1. The minimum Gasteiger partial charge on any atom is -0.322 e. The molecule has 1 N–H and O–H groups in total. The molecule has 23 heavy (non-hydrogen) atoms. The Kier molecular flexibility index (Phi) is 4.53. The first-order chi connectivity index (χ1) is 10.9. The summed E-state index contributed by atoms with van der Waals surface area (Å²) in [6.45, 7) is 6.16. The van der Waals surface area contributed by atoms with E-state index in [1.54, 1.807) is 0 Å². The van der Waals surface area contributed by atoms with Crippen molar-refractivity contribution in [2.24, 2.45) is 0 Å². The zero-order valence-electron chi connectivity index (χ0n) is 14.5. The zero-order valence-corrected chi connectivity index (χ0v) is 15.4. The molecule has 1 saturated carbocycles. The van der Waals surface area contributed by atoms with E-state index in [9.17, 15) is 9.18 Å². The maximum Gasteiger partial charge on any atom is 0.268 e. The van der Waals surface area contributed by atoms with Crippen molar-refractivity contribution in [3.05, 3.63) is 29.1 Å². The number of rotatable bonds is 3. The van der Waals surface area contributed by atoms with E-state index in [1.807, 2.05) is 13.8 Å². The minimum atomic E-state index is -1.22. The van der Waals surface area contributed by atoms with Gasteiger partial charge in [-0.3, -0.25) is 4.79 Å². The van der Waals surface area contributed by atoms with Crippen LogP contribution in [0.5, 0.6) is 0 Å². The molecule has 4 heteroatoms. The Morgan fingerprint density at radius 1 is 1.09 bits per heavy atom. The molecule has 3 rings (SSSR count). The van der Waals surface area contributed by atoms with Crippen LogP contribution in [0.15, 0.2) is 12.1 Å². The van der Waals surface area contributed by atoms with Crippen molar-refractivity contribution in [1.82, 2.24) is 0 Å². The van der Waals surface area contributed by atoms with E-state index in [-0.39, 0.29) is 16.9 Å². The summed E-state index contributed by atoms with van der Waals surface area (Å²) >= 11 is 0. The normalized spacial score (nSPS) is 22.3. The van der Waals surface area contributed by atoms with Gasteiger partial charge in [0.1, 0.15) is 5.82 Å². The topological polar surface area (TPSA) is 29.1 Å². The fraction of sp³-hybridized carbons (Fsp3) is 0.632. The number of hydrogen-bond acceptors (Lipinski definition) is 1. The van der Waals surface area contributed by atoms with Crippen molar-refractivity contribution in [2.45, 2.75) is 57.5 Å². The van der Waals surface area contributed by atoms with Crippen LogP contribution in [0.25, 0.3) is 0 Å². The molecule has 0 bridgehead atoms. The van der Waals surface area contributed by atoms with Crippen molar-refractivity contribution in [3.8, 4) is 0 Å². The number of nitrogens with one attached hydrogen (secondary N) is 1. The third kappa shape index (κ3) is 3.05. The highest BCUT2D eigenvalue weighted by atomic mass is 31.2. The molecule has 1 aromatic carbocycles. The maximum absolute atomic E-state index is 13.5. The SMILES string of the molecule is Cc1cc(F)cc(C)c1NC(=O)C1([P+]2(C)CCCCCC2)CC1. The summed E-state index contributed by atoms with van der Waals surface area (Å²) in [4.78, 5) is 13.1. The van der Waals surface area contributed by atoms with Crippen molar-refractivity contribution < 1.29 is 9.18 Å². The molecule has 0 aromatic heterocycles. The molecule has 1 saturated heterocycles. The summed E-state index contributed by atoms with van der Waals surface area (Å²) in [7, 11) is -1.22. The molecule has 1 aliphatic carbocycles. The highest BCUT2D eigenvalue weighted by Crippen LogP contribution is 2.77. The summed E-state index contributed by atoms with van der Waals surface area (Å²) in [5.41, 5.74) is 2.44. The molecule has 2 aliphatic rings. The first-order valence-corrected chi connectivity index (χ1v) is 11.4. The summed E-state index contributed by atoms with van der Waals surface area (Å²) in [5, 5.41) is 3.08. The van der Waals surface area contributed by atoms with E-state index < -0.39 is 7.26 Å². The highest BCUT2D eigenvalue weighted by Gasteiger charge is 2.67. The number of aryl methyl sites for hydroxylation is 2. The Balaban J connectivity index is 1.83. The quantitative estimate of drug-likeness (QED) is 0.761. The van der Waals surface area contributed by atoms with Gasteiger partial charge in [-0.05, 0) is 62.8 Å². The van der Waals surface area contributed by atoms with Crippen LogP contribution in [-0.4, -0.2) is 30.1 Å². The second-order valence-corrected chi connectivity index (χ2v) is 12.2. The fourth-order valence-corrected chi connectivity index (χ4v) is 8.94. The van der Waals surface area contributed by atoms with Gasteiger partial charge in [-0.15, -0.1) is 0 Å². The first kappa shape index (κ1) is 16.9. The second kappa shape index (κ2) is 6.16. The predicted octanol–water partition coefficient (Wildman–Crippen LogP) is 5.14. The van der Waals surface area contributed by atoms with Crippen LogP contribution in [0.4, 0.5) is 10.1 Å². The summed E-state index contributed by atoms with van der Waals surface area (Å²) in [6, 6.07) is 3.01. The predicted molar refractivity (Wildman–Crippen MR) is 97.5 cm³/mol. The molecule has 2 nitrogen and oxygen atoms in total. The Morgan fingerprint density at radius 3 is 2.09 bits per heavy atom. The molecule has 0 atom stereocenters. The molecule has 1 heterocycles. The monoisotopic (exact) mass is 336 g/mol. The molecule has 2 fully saturated rings. The number of hydrogen-bond donors (Lipinski definition) is 1. The van der Waals surface area contributed by atoms with Gasteiger partial charge in [-0.1, -0.05) is 0 Å². The number of carbonyl (C=O) groups excluding carboxylic acids is 1. The third-order valence-corrected chi connectivity index (χ3v) is 11.3. The number of carbonyl (C=O) groups is 1. The Hall–Kier alpha value is -0.950. The van der Waals surface area contributed by atoms with Gasteiger partial charge < -0.3 is 5.32 Å². The standard InChI is InChI=1S/C19H27FNOP/c1-14-12-16(20)13-15(2)17(14)21-18(22)19(8-9-19)23(3)10-6-4-5-7-11-23/h12-13H,4-11H2,1-3H3/p+1. The molecule has 0 radical (unpaired) electrons. The maximum atomic E-state index is 13.5. The highest BCUT2D eigenvalue weighted by molar-refractivity contribution is 7.78. The van der Waals surface area contributed by atoms with Gasteiger partial charge in [-0.2, -0.15) is 0 Å². The number of anilines is 1. The Morgan fingerprint density at radius 2 is 1.61 bits per heavy atom. The van der Waals surface area contributed by atoms with E-state index in [0.29, 0.717) is 0 Å². The molecular formula is C19H28FNOP+. The van der Waals surface area contributed by atoms with Crippen LogP contribution < -0.4 is 5.32 Å². The largest absolute Gasteiger partial charge is 0.322 e. The van der Waals surface area contributed by atoms with Crippen molar-refractivity contribution in [2.75, 3.05) is 24.3 Å². The van der Waals surface area contributed by atoms with E-state index in [0.717, 1.165) is 29.7 Å². The smallest absolute Gasteiger partial charge is 0.268 e. The molecule has 126 valence electrons. The van der Waals surface area contributed by atoms with Crippen LogP contribution >= 0.6 is 7.26 Å². The van der Waals surface area contributed by atoms with Crippen LogP contribution in [0.3, 0.4) is 0 Å². The summed E-state index contributed by atoms with van der Waals surface area (Å²) in [6.07, 6.45) is 9.84. The molecule has 1 aromatic rings. The van der Waals surface area contributed by atoms with Gasteiger partial charge in [0.15, 0.2) is 5.16 Å². The fourth-order valence-electron chi connectivity index (χ4n) is 4.28. The van der Waals surface area contributed by atoms with Gasteiger partial charge >= 0.3 is 0 Å². The van der Waals surface area contributed by atoms with Gasteiger partial charge in [0.25, 0.3) is 5.91 Å². The van der Waals surface area contributed by atoms with Crippen LogP contribution in [0, 0.1) is 19.7 Å². The lowest BCUT2D eigenvalue weighted by molar-refractivity contribution is -0.116. The Labute approximate surface area is 139 Å². The van der Waals surface area contributed by atoms with Gasteiger partial charge in [0.2, 0.25) is 0 Å². The van der Waals surface area contributed by atoms with E-state index >= 15 is 0 Å². The number of amides is 1. The second-order valence-electron chi connectivity index (χ2n) is 7.66. The van der Waals surface area contributed by atoms with Crippen LogP contribution in [0.2, 0.25) is 0 Å². The summed E-state index contributed by atoms with van der Waals surface area (Å²) < 4.78 is 13.5. The average molecular weight is 336 g/mol. The van der Waals surface area contributed by atoms with Gasteiger partial charge in [0, 0.05) is 32.5 Å². The number of benzene rings is 1. The lowest BCUT2D eigenvalue weighted by Crippen LogP contribution is -2.34. The summed E-state index contributed by atoms with van der Waals surface area (Å²) in [5.74, 6) is -0.0320. The molecule has 1 aliphatic heterocycles. The zero-order chi connectivity index (χ0) is 16.7.